The summed E-state index contributed by atoms with van der Waals surface area (Å²) in [5, 5.41) is 7.30. The number of hydrogen-bond donors (Lipinski definition) is 0. The number of carbonyl (C=O) groups excluding carboxylic acids is 1. The first-order chi connectivity index (χ1) is 14.4. The predicted molar refractivity (Wildman–Crippen MR) is 123 cm³/mol. The van der Waals surface area contributed by atoms with Gasteiger partial charge in [0.2, 0.25) is 0 Å². The number of hydrazone groups is 1. The van der Waals surface area contributed by atoms with Crippen LogP contribution in [-0.2, 0) is 4.79 Å². The topological polar surface area (TPSA) is 35.9 Å². The normalized spacial score (nSPS) is 22.3. The van der Waals surface area contributed by atoms with Gasteiger partial charge in [0, 0.05) is 23.0 Å². The van der Waals surface area contributed by atoms with Gasteiger partial charge in [0.05, 0.1) is 18.3 Å². The molecule has 0 bridgehead atoms. The molecule has 0 aliphatic carbocycles. The highest BCUT2D eigenvalue weighted by Gasteiger charge is 2.35. The summed E-state index contributed by atoms with van der Waals surface area (Å²) >= 11 is 6.11. The summed E-state index contributed by atoms with van der Waals surface area (Å²) in [5.74, 6) is 0.0732. The Morgan fingerprint density at radius 1 is 1.13 bits per heavy atom. The number of nitrogens with zero attached hydrogens (tertiary/aromatic N) is 3. The highest BCUT2D eigenvalue weighted by molar-refractivity contribution is 6.30. The van der Waals surface area contributed by atoms with E-state index in [1.807, 2.05) is 24.3 Å². The maximum atomic E-state index is 13.4. The smallest absolute Gasteiger partial charge is 0.257 e. The van der Waals surface area contributed by atoms with E-state index in [1.165, 1.54) is 17.5 Å². The quantitative estimate of drug-likeness (QED) is 0.650. The van der Waals surface area contributed by atoms with Crippen LogP contribution in [0, 0.1) is 13.8 Å². The van der Waals surface area contributed by atoms with Crippen molar-refractivity contribution < 1.29 is 4.79 Å². The summed E-state index contributed by atoms with van der Waals surface area (Å²) < 4.78 is 0. The minimum absolute atomic E-state index is 0.0732. The Balaban J connectivity index is 1.64. The zero-order chi connectivity index (χ0) is 21.3. The van der Waals surface area contributed by atoms with Gasteiger partial charge in [0.1, 0.15) is 0 Å². The molecule has 0 N–H and O–H groups in total. The van der Waals surface area contributed by atoms with Gasteiger partial charge in [-0.15, -0.1) is 0 Å². The van der Waals surface area contributed by atoms with Gasteiger partial charge >= 0.3 is 0 Å². The summed E-state index contributed by atoms with van der Waals surface area (Å²) in [5.41, 5.74) is 5.58. The minimum Gasteiger partial charge on any atom is -0.292 e. The zero-order valence-corrected chi connectivity index (χ0v) is 18.8. The first-order valence-corrected chi connectivity index (χ1v) is 11.3. The summed E-state index contributed by atoms with van der Waals surface area (Å²) in [6.07, 6.45) is 4.28. The van der Waals surface area contributed by atoms with E-state index in [0.29, 0.717) is 24.0 Å². The molecule has 2 aliphatic heterocycles. The van der Waals surface area contributed by atoms with Crippen molar-refractivity contribution >= 4 is 23.2 Å². The maximum Gasteiger partial charge on any atom is 0.257 e. The number of halogens is 1. The second-order valence-electron chi connectivity index (χ2n) is 8.69. The molecule has 2 atom stereocenters. The molecule has 0 unspecified atom stereocenters. The van der Waals surface area contributed by atoms with Crippen LogP contribution in [-0.4, -0.2) is 40.7 Å². The van der Waals surface area contributed by atoms with Crippen LogP contribution in [0.4, 0.5) is 0 Å². The van der Waals surface area contributed by atoms with Gasteiger partial charge in [-0.3, -0.25) is 9.69 Å². The number of benzene rings is 2. The molecule has 0 radical (unpaired) electrons. The van der Waals surface area contributed by atoms with E-state index in [1.54, 1.807) is 5.01 Å². The summed E-state index contributed by atoms with van der Waals surface area (Å²) in [4.78, 5) is 15.7. The van der Waals surface area contributed by atoms with Crippen LogP contribution in [0.2, 0.25) is 5.02 Å². The van der Waals surface area contributed by atoms with Gasteiger partial charge < -0.3 is 0 Å². The Hall–Kier alpha value is -2.17. The first-order valence-electron chi connectivity index (χ1n) is 10.9. The Labute approximate surface area is 184 Å². The lowest BCUT2D eigenvalue weighted by atomic mass is 9.95. The molecule has 30 heavy (non-hydrogen) atoms. The van der Waals surface area contributed by atoms with Crippen molar-refractivity contribution in [2.75, 3.05) is 13.1 Å². The number of amides is 1. The van der Waals surface area contributed by atoms with Crippen LogP contribution in [0.1, 0.15) is 60.9 Å². The van der Waals surface area contributed by atoms with Crippen molar-refractivity contribution in [3.8, 4) is 0 Å². The fourth-order valence-corrected chi connectivity index (χ4v) is 4.66. The van der Waals surface area contributed by atoms with Gasteiger partial charge in [-0.25, -0.2) is 5.01 Å². The van der Waals surface area contributed by atoms with Crippen molar-refractivity contribution in [2.24, 2.45) is 5.10 Å². The van der Waals surface area contributed by atoms with Crippen LogP contribution in [0.5, 0.6) is 0 Å². The molecule has 1 fully saturated rings. The van der Waals surface area contributed by atoms with Crippen molar-refractivity contribution in [1.82, 2.24) is 9.91 Å². The first kappa shape index (κ1) is 21.1. The average Bonchev–Trinajstić information content (AvgIpc) is 3.17. The third kappa shape index (κ3) is 4.45. The molecular weight excluding hydrogens is 394 g/mol. The van der Waals surface area contributed by atoms with Crippen molar-refractivity contribution in [1.29, 1.82) is 0 Å². The lowest BCUT2D eigenvalue weighted by molar-refractivity contribution is -0.135. The van der Waals surface area contributed by atoms with E-state index in [0.717, 1.165) is 36.2 Å². The molecule has 2 heterocycles. The second kappa shape index (κ2) is 8.91. The molecule has 0 saturated carbocycles. The number of rotatable bonds is 4. The van der Waals surface area contributed by atoms with E-state index >= 15 is 0 Å². The molecule has 4 nitrogen and oxygen atoms in total. The number of carbonyl (C=O) groups is 1. The second-order valence-corrected chi connectivity index (χ2v) is 9.13. The lowest BCUT2D eigenvalue weighted by Gasteiger charge is -2.34. The predicted octanol–water partition coefficient (Wildman–Crippen LogP) is 5.51. The fourth-order valence-electron chi connectivity index (χ4n) is 4.53. The Bertz CT molecular complexity index is 953. The third-order valence-corrected chi connectivity index (χ3v) is 6.66. The highest BCUT2D eigenvalue weighted by Crippen LogP contribution is 2.34. The standard InChI is InChI=1S/C25H30ClN3O/c1-17-7-8-18(2)22(14-17)23-15-24(20-9-11-21(26)12-10-20)29(27-23)25(30)16-28-13-5-4-6-19(28)3/h7-12,14,19,24H,4-6,13,15-16H2,1-3H3/t19-,24-/m0/s1. The van der Waals surface area contributed by atoms with Crippen LogP contribution in [0.15, 0.2) is 47.6 Å². The van der Waals surface area contributed by atoms with E-state index in [2.05, 4.69) is 43.9 Å². The highest BCUT2D eigenvalue weighted by atomic mass is 35.5. The molecular formula is C25H30ClN3O. The Morgan fingerprint density at radius 2 is 1.90 bits per heavy atom. The minimum atomic E-state index is -0.0928. The molecule has 2 aliphatic rings. The molecule has 2 aromatic carbocycles. The van der Waals surface area contributed by atoms with Gasteiger partial charge in [-0.1, -0.05) is 47.9 Å². The molecule has 0 aromatic heterocycles. The Morgan fingerprint density at radius 3 is 2.63 bits per heavy atom. The van der Waals surface area contributed by atoms with Crippen LogP contribution in [0.25, 0.3) is 0 Å². The fraction of sp³-hybridized carbons (Fsp3) is 0.440. The number of piperidine rings is 1. The van der Waals surface area contributed by atoms with Gasteiger partial charge in [-0.2, -0.15) is 5.10 Å². The van der Waals surface area contributed by atoms with Crippen LogP contribution in [0.3, 0.4) is 0 Å². The molecule has 158 valence electrons. The monoisotopic (exact) mass is 423 g/mol. The van der Waals surface area contributed by atoms with Gasteiger partial charge in [0.25, 0.3) is 5.91 Å². The molecule has 0 spiro atoms. The van der Waals surface area contributed by atoms with E-state index in [-0.39, 0.29) is 11.9 Å². The number of aryl methyl sites for hydroxylation is 2. The molecule has 4 rings (SSSR count). The average molecular weight is 424 g/mol. The number of hydrogen-bond acceptors (Lipinski definition) is 3. The van der Waals surface area contributed by atoms with Gasteiger partial charge in [-0.05, 0) is 69.5 Å². The van der Waals surface area contributed by atoms with Crippen molar-refractivity contribution in [3.63, 3.8) is 0 Å². The maximum absolute atomic E-state index is 13.4. The largest absolute Gasteiger partial charge is 0.292 e. The van der Waals surface area contributed by atoms with E-state index < -0.39 is 0 Å². The van der Waals surface area contributed by atoms with E-state index in [9.17, 15) is 4.79 Å². The molecule has 1 amide bonds. The molecule has 1 saturated heterocycles. The van der Waals surface area contributed by atoms with Crippen molar-refractivity contribution in [3.05, 3.63) is 69.7 Å². The lowest BCUT2D eigenvalue weighted by Crippen LogP contribution is -2.44. The zero-order valence-electron chi connectivity index (χ0n) is 18.1. The summed E-state index contributed by atoms with van der Waals surface area (Å²) in [6.45, 7) is 7.83. The van der Waals surface area contributed by atoms with E-state index in [4.69, 9.17) is 16.7 Å². The Kier molecular flexibility index (Phi) is 6.26. The number of likely N-dealkylation sites (tertiary alicyclic amines) is 1. The van der Waals surface area contributed by atoms with Crippen molar-refractivity contribution in [2.45, 2.75) is 58.5 Å². The van der Waals surface area contributed by atoms with Crippen LogP contribution < -0.4 is 0 Å². The molecule has 2 aromatic rings. The third-order valence-electron chi connectivity index (χ3n) is 6.40. The van der Waals surface area contributed by atoms with Crippen LogP contribution >= 0.6 is 11.6 Å². The SMILES string of the molecule is Cc1ccc(C)c(C2=NN(C(=O)CN3CCCC[C@@H]3C)[C@H](c3ccc(Cl)cc3)C2)c1. The summed E-state index contributed by atoms with van der Waals surface area (Å²) in [6, 6.07) is 14.6. The van der Waals surface area contributed by atoms with Gasteiger partial charge in [0.15, 0.2) is 0 Å². The summed E-state index contributed by atoms with van der Waals surface area (Å²) in [7, 11) is 0. The molecule has 5 heteroatoms.